The van der Waals surface area contributed by atoms with Gasteiger partial charge in [-0.2, -0.15) is 132 Å². The summed E-state index contributed by atoms with van der Waals surface area (Å²) in [7, 11) is 0. The lowest BCUT2D eigenvalue weighted by atomic mass is 10.3. The van der Waals surface area contributed by atoms with Crippen LogP contribution in [0.15, 0.2) is 71.7 Å². The molecule has 36 heteroatoms. The van der Waals surface area contributed by atoms with E-state index in [2.05, 4.69) is 14.2 Å². The van der Waals surface area contributed by atoms with Gasteiger partial charge >= 0.3 is 84.8 Å². The topological polar surface area (TPSA) is 27.7 Å². The van der Waals surface area contributed by atoms with Gasteiger partial charge in [0.1, 0.15) is 0 Å². The molecule has 0 amide bonds. The second kappa shape index (κ2) is 22.0. The van der Waals surface area contributed by atoms with Crippen LogP contribution in [0.2, 0.25) is 0 Å². The van der Waals surface area contributed by atoms with Crippen LogP contribution in [0.25, 0.3) is 0 Å². The van der Waals surface area contributed by atoms with Crippen molar-refractivity contribution in [2.45, 2.75) is 36.3 Å². The zero-order valence-electron chi connectivity index (χ0n) is 22.7. The molecule has 0 rings (SSSR count). The Hall–Kier alpha value is -4.47. The van der Waals surface area contributed by atoms with Gasteiger partial charge in [-0.25, -0.2) is 0 Å². The molecule has 0 bridgehead atoms. The summed E-state index contributed by atoms with van der Waals surface area (Å²) in [6.45, 7) is 0. The third-order valence-corrected chi connectivity index (χ3v) is 3.41. The van der Waals surface area contributed by atoms with Gasteiger partial charge < -0.3 is 28.3 Å². The van der Waals surface area contributed by atoms with Crippen molar-refractivity contribution in [3.05, 3.63) is 71.7 Å². The number of ether oxygens (including phenoxy) is 3. The normalized spacial score (nSPS) is 12.1. The van der Waals surface area contributed by atoms with Gasteiger partial charge in [-0.15, -0.1) is 0 Å². The van der Waals surface area contributed by atoms with Crippen molar-refractivity contribution in [3.8, 4) is 0 Å². The number of alkyl halides is 13. The van der Waals surface area contributed by atoms with E-state index < -0.39 is 108 Å². The van der Waals surface area contributed by atoms with E-state index in [4.69, 9.17) is 0 Å². The van der Waals surface area contributed by atoms with Crippen molar-refractivity contribution in [1.82, 2.24) is 0 Å². The third kappa shape index (κ3) is 17.6. The summed E-state index contributed by atoms with van der Waals surface area (Å²) in [5.74, 6) is -28.3. The van der Waals surface area contributed by atoms with Crippen LogP contribution >= 0.6 is 0 Å². The largest absolute Gasteiger partial charge is 1.00 e. The number of halogens is 33. The second-order valence-corrected chi connectivity index (χ2v) is 6.88. The highest BCUT2D eigenvalue weighted by molar-refractivity contribution is 5.12. The summed E-state index contributed by atoms with van der Waals surface area (Å²) in [5.41, 5.74) is 0. The molecule has 324 valence electrons. The minimum absolute atomic E-state index is 0. The first-order valence-electron chi connectivity index (χ1n) is 9.89. The van der Waals surface area contributed by atoms with Gasteiger partial charge in [0, 0.05) is 0 Å². The Morgan fingerprint density at radius 3 is 0.685 bits per heavy atom. The van der Waals surface area contributed by atoms with Gasteiger partial charge in [0.25, 0.3) is 5.83 Å². The number of hydrogen-bond acceptors (Lipinski definition) is 3. The molecule has 0 aliphatic carbocycles. The van der Waals surface area contributed by atoms with Crippen LogP contribution in [0.5, 0.6) is 0 Å². The molecule has 3 nitrogen and oxygen atoms in total. The molecule has 0 aromatic carbocycles. The first kappa shape index (κ1) is 61.6. The molecule has 0 spiro atoms. The van der Waals surface area contributed by atoms with E-state index in [9.17, 15) is 132 Å². The molecule has 0 fully saturated rings. The first-order chi connectivity index (χ1) is 22.3. The third-order valence-electron chi connectivity index (χ3n) is 3.41. The summed E-state index contributed by atoms with van der Waals surface area (Å²) in [6.07, 6.45) is -42.7. The van der Waals surface area contributed by atoms with Crippen LogP contribution < -0.4 is 14.1 Å². The minimum Gasteiger partial charge on any atom is -1.00 e. The Kier molecular flexibility index (Phi) is 25.1. The minimum atomic E-state index is -6.31. The summed E-state index contributed by atoms with van der Waals surface area (Å²) in [4.78, 5) is 0. The molecule has 54 heavy (non-hydrogen) atoms. The SMILES string of the molecule is FC(F)=C(F)OC(F)(F)/C(F)=C(\F)C(F)(F)F.FC(F)=C(F)OC(F)(F)C(F)(F)C(F)=C(F)F.FC(F)=C(F)OC(F)(F)C(F)(F)C(F)=C(F)F.[F-].[F-].[F-]. The van der Waals surface area contributed by atoms with Crippen molar-refractivity contribution in [2.24, 2.45) is 0 Å². The number of rotatable bonds is 11. The highest BCUT2D eigenvalue weighted by Gasteiger charge is 2.66. The highest BCUT2D eigenvalue weighted by atomic mass is 19.4. The van der Waals surface area contributed by atoms with Crippen molar-refractivity contribution in [3.63, 3.8) is 0 Å². The van der Waals surface area contributed by atoms with Crippen LogP contribution in [-0.4, -0.2) is 36.3 Å². The molecule has 0 aromatic rings. The van der Waals surface area contributed by atoms with Crippen molar-refractivity contribution < 1.29 is 160 Å². The Morgan fingerprint density at radius 1 is 0.278 bits per heavy atom. The smallest absolute Gasteiger partial charge is 0.473 e. The summed E-state index contributed by atoms with van der Waals surface area (Å²) < 4.78 is 359. The summed E-state index contributed by atoms with van der Waals surface area (Å²) >= 11 is 0. The molecule has 0 saturated heterocycles. The van der Waals surface area contributed by atoms with E-state index >= 15 is 0 Å². The molecule has 0 atom stereocenters. The quantitative estimate of drug-likeness (QED) is 0.232. The van der Waals surface area contributed by atoms with Crippen LogP contribution in [0.1, 0.15) is 0 Å². The first-order valence-corrected chi connectivity index (χ1v) is 9.89. The fourth-order valence-electron chi connectivity index (χ4n) is 1.37. The van der Waals surface area contributed by atoms with Gasteiger partial charge in [-0.3, -0.25) is 0 Å². The predicted octanol–water partition coefficient (Wildman–Crippen LogP) is 4.04. The number of allylic oxidation sites excluding steroid dienone is 1. The van der Waals surface area contributed by atoms with Gasteiger partial charge in [0.15, 0.2) is 0 Å². The lowest BCUT2D eigenvalue weighted by Crippen LogP contribution is -3.00. The van der Waals surface area contributed by atoms with Gasteiger partial charge in [-0.1, -0.05) is 0 Å². The van der Waals surface area contributed by atoms with E-state index in [0.29, 0.717) is 0 Å². The molecular weight excluding hydrogens is 891 g/mol. The highest BCUT2D eigenvalue weighted by Crippen LogP contribution is 2.46. The van der Waals surface area contributed by atoms with E-state index in [-0.39, 0.29) is 14.1 Å². The summed E-state index contributed by atoms with van der Waals surface area (Å²) in [6, 6.07) is -10.2. The standard InChI is InChI=1S/3C6F10O.3FH/c2*7-1(2(8)9)5(13,14)6(15,16)17-4(12)3(10)11;7-1(5(12,13)14)2(8)6(15,16)17-4(11)3(9)10;;;/h;;;3*1H/p-3/b;;2-1+;;;. The lowest BCUT2D eigenvalue weighted by Gasteiger charge is -2.23. The van der Waals surface area contributed by atoms with Crippen molar-refractivity contribution in [1.29, 1.82) is 0 Å². The van der Waals surface area contributed by atoms with Crippen LogP contribution in [-0.2, 0) is 14.2 Å². The number of hydrogen-bond donors (Lipinski definition) is 0. The molecule has 0 unspecified atom stereocenters. The van der Waals surface area contributed by atoms with Crippen LogP contribution in [0.3, 0.4) is 0 Å². The zero-order valence-corrected chi connectivity index (χ0v) is 22.7. The van der Waals surface area contributed by atoms with Crippen molar-refractivity contribution >= 4 is 0 Å². The summed E-state index contributed by atoms with van der Waals surface area (Å²) in [5, 5.41) is 0. The average molecular weight is 891 g/mol. The fourth-order valence-corrected chi connectivity index (χ4v) is 1.37. The molecule has 0 radical (unpaired) electrons. The Morgan fingerprint density at radius 2 is 0.500 bits per heavy atom. The van der Waals surface area contributed by atoms with E-state index in [1.54, 1.807) is 0 Å². The van der Waals surface area contributed by atoms with Gasteiger partial charge in [0.05, 0.1) is 0 Å². The predicted molar refractivity (Wildman–Crippen MR) is 95.0 cm³/mol. The van der Waals surface area contributed by atoms with Crippen molar-refractivity contribution in [2.75, 3.05) is 0 Å². The Bertz CT molecular complexity index is 1310. The maximum Gasteiger partial charge on any atom is 0.473 e. The van der Waals surface area contributed by atoms with E-state index in [1.165, 1.54) is 0 Å². The molecule has 0 N–H and O–H groups in total. The maximum atomic E-state index is 12.2. The molecular formula is C18F33O3-3. The average Bonchev–Trinajstić information content (AvgIpc) is 2.94. The second-order valence-electron chi connectivity index (χ2n) is 6.88. The van der Waals surface area contributed by atoms with E-state index in [1.807, 2.05) is 0 Å². The van der Waals surface area contributed by atoms with E-state index in [0.717, 1.165) is 0 Å². The fraction of sp³-hybridized carbons (Fsp3) is 0.333. The van der Waals surface area contributed by atoms with Crippen LogP contribution in [0.4, 0.5) is 132 Å². The zero-order chi connectivity index (χ0) is 42.0. The molecule has 0 heterocycles. The van der Waals surface area contributed by atoms with Gasteiger partial charge in [-0.05, 0) is 0 Å². The Labute approximate surface area is 269 Å². The molecule has 0 aliphatic rings. The molecule has 0 aromatic heterocycles. The lowest BCUT2D eigenvalue weighted by molar-refractivity contribution is -0.332. The maximum absolute atomic E-state index is 12.2. The molecule has 0 aliphatic heterocycles. The van der Waals surface area contributed by atoms with Crippen LogP contribution in [0, 0.1) is 0 Å². The Balaban J connectivity index is -0.000000156. The monoisotopic (exact) mass is 891 g/mol. The van der Waals surface area contributed by atoms with Gasteiger partial charge in [0.2, 0.25) is 17.5 Å². The molecule has 0 saturated carbocycles.